The highest BCUT2D eigenvalue weighted by Crippen LogP contribution is 2.31. The maximum atomic E-state index is 13.9. The molecule has 230 valence electrons. The molecule has 2 amide bonds. The number of rotatable bonds is 14. The predicted octanol–water partition coefficient (Wildman–Crippen LogP) is 7.51. The first-order valence-corrected chi connectivity index (χ1v) is 15.5. The lowest BCUT2D eigenvalue weighted by atomic mass is 9.81. The van der Waals surface area contributed by atoms with Gasteiger partial charge in [0, 0.05) is 0 Å². The van der Waals surface area contributed by atoms with Crippen LogP contribution in [0.2, 0.25) is 0 Å². The van der Waals surface area contributed by atoms with Crippen LogP contribution in [-0.4, -0.2) is 28.9 Å². The highest BCUT2D eigenvalue weighted by atomic mass is 16.4. The summed E-state index contributed by atoms with van der Waals surface area (Å²) in [5.74, 6) is -3.23. The minimum Gasteiger partial charge on any atom is -0.481 e. The summed E-state index contributed by atoms with van der Waals surface area (Å²) in [6, 6.07) is 25.1. The van der Waals surface area contributed by atoms with Crippen molar-refractivity contribution in [1.82, 2.24) is 10.6 Å². The lowest BCUT2D eigenvalue weighted by Crippen LogP contribution is -2.56. The molecule has 0 saturated carbocycles. The Morgan fingerprint density at radius 3 is 2.00 bits per heavy atom. The number of carbonyl (C=O) groups excluding carboxylic acids is 2. The number of aryl methyl sites for hydroxylation is 2. The van der Waals surface area contributed by atoms with Gasteiger partial charge < -0.3 is 15.7 Å². The second kappa shape index (κ2) is 15.5. The molecule has 4 atom stereocenters. The molecule has 6 nitrogen and oxygen atoms in total. The van der Waals surface area contributed by atoms with Crippen LogP contribution in [0.4, 0.5) is 0 Å². The van der Waals surface area contributed by atoms with Gasteiger partial charge in [0.15, 0.2) is 0 Å². The molecule has 0 aliphatic heterocycles. The number of carbonyl (C=O) groups is 3. The summed E-state index contributed by atoms with van der Waals surface area (Å²) in [5, 5.41) is 16.2. The van der Waals surface area contributed by atoms with Crippen LogP contribution in [0.3, 0.4) is 0 Å². The van der Waals surface area contributed by atoms with E-state index in [4.69, 9.17) is 0 Å². The molecule has 3 aromatic carbocycles. The van der Waals surface area contributed by atoms with E-state index in [-0.39, 0.29) is 17.9 Å². The first-order chi connectivity index (χ1) is 20.4. The summed E-state index contributed by atoms with van der Waals surface area (Å²) < 4.78 is 0. The van der Waals surface area contributed by atoms with Gasteiger partial charge in [0.05, 0.1) is 17.9 Å². The molecule has 3 rings (SSSR count). The highest BCUT2D eigenvalue weighted by Gasteiger charge is 2.38. The molecule has 4 unspecified atom stereocenters. The van der Waals surface area contributed by atoms with E-state index in [1.807, 2.05) is 89.2 Å². The molecular formula is C37H48N2O4. The van der Waals surface area contributed by atoms with Crippen LogP contribution in [0.25, 0.3) is 11.1 Å². The molecule has 0 aliphatic carbocycles. The second-order valence-corrected chi connectivity index (χ2v) is 12.7. The van der Waals surface area contributed by atoms with Gasteiger partial charge >= 0.3 is 5.97 Å². The molecule has 43 heavy (non-hydrogen) atoms. The van der Waals surface area contributed by atoms with Gasteiger partial charge in [-0.3, -0.25) is 14.4 Å². The number of benzene rings is 3. The Balaban J connectivity index is 1.81. The van der Waals surface area contributed by atoms with E-state index in [9.17, 15) is 19.5 Å². The van der Waals surface area contributed by atoms with E-state index in [1.165, 1.54) is 16.7 Å². The van der Waals surface area contributed by atoms with Crippen molar-refractivity contribution in [3.8, 4) is 11.1 Å². The van der Waals surface area contributed by atoms with Crippen LogP contribution in [0.1, 0.15) is 83.0 Å². The van der Waals surface area contributed by atoms with Crippen LogP contribution < -0.4 is 10.6 Å². The number of hydrogen-bond acceptors (Lipinski definition) is 3. The molecule has 0 bridgehead atoms. The first-order valence-electron chi connectivity index (χ1n) is 15.5. The number of carboxylic acid groups (broad SMARTS) is 1. The third-order valence-electron chi connectivity index (χ3n) is 8.20. The van der Waals surface area contributed by atoms with Crippen LogP contribution in [0.5, 0.6) is 0 Å². The SMILES string of the molecule is CCCC(C(=O)O)C(CCCc1cccc(C)c1-c1ccccc1)C(=O)NC(C(=O)NC(C)c1ccccc1)C(C)(C)C. The Morgan fingerprint density at radius 2 is 1.42 bits per heavy atom. The van der Waals surface area contributed by atoms with Crippen molar-refractivity contribution in [1.29, 1.82) is 0 Å². The van der Waals surface area contributed by atoms with Gasteiger partial charge in [0.1, 0.15) is 6.04 Å². The second-order valence-electron chi connectivity index (χ2n) is 12.7. The average molecular weight is 585 g/mol. The summed E-state index contributed by atoms with van der Waals surface area (Å²) in [6.45, 7) is 11.7. The Hall–Kier alpha value is -3.93. The van der Waals surface area contributed by atoms with E-state index >= 15 is 0 Å². The Morgan fingerprint density at radius 1 is 0.791 bits per heavy atom. The molecule has 0 aromatic heterocycles. The molecule has 0 fully saturated rings. The molecule has 3 N–H and O–H groups in total. The normalized spacial score (nSPS) is 14.3. The van der Waals surface area contributed by atoms with Gasteiger partial charge in [-0.15, -0.1) is 0 Å². The lowest BCUT2D eigenvalue weighted by molar-refractivity contribution is -0.148. The summed E-state index contributed by atoms with van der Waals surface area (Å²) >= 11 is 0. The molecule has 6 heteroatoms. The maximum Gasteiger partial charge on any atom is 0.307 e. The molecule has 0 radical (unpaired) electrons. The molecule has 3 aromatic rings. The maximum absolute atomic E-state index is 13.9. The largest absolute Gasteiger partial charge is 0.481 e. The summed E-state index contributed by atoms with van der Waals surface area (Å²) in [5.41, 5.74) is 5.06. The van der Waals surface area contributed by atoms with E-state index in [0.717, 1.165) is 11.1 Å². The number of amides is 2. The smallest absolute Gasteiger partial charge is 0.307 e. The zero-order valence-electron chi connectivity index (χ0n) is 26.5. The fourth-order valence-corrected chi connectivity index (χ4v) is 5.84. The molecule has 0 heterocycles. The summed E-state index contributed by atoms with van der Waals surface area (Å²) in [4.78, 5) is 39.8. The minimum atomic E-state index is -0.975. The van der Waals surface area contributed by atoms with E-state index in [1.54, 1.807) is 0 Å². The van der Waals surface area contributed by atoms with Crippen LogP contribution >= 0.6 is 0 Å². The van der Waals surface area contributed by atoms with Crippen LogP contribution in [0.15, 0.2) is 78.9 Å². The van der Waals surface area contributed by atoms with Crippen LogP contribution in [-0.2, 0) is 20.8 Å². The number of hydrogen-bond donors (Lipinski definition) is 3. The molecule has 0 spiro atoms. The average Bonchev–Trinajstić information content (AvgIpc) is 2.97. The molecule has 0 saturated heterocycles. The fourth-order valence-electron chi connectivity index (χ4n) is 5.84. The Kier molecular flexibility index (Phi) is 12.1. The quantitative estimate of drug-likeness (QED) is 0.183. The van der Waals surface area contributed by atoms with Gasteiger partial charge in [-0.25, -0.2) is 0 Å². The van der Waals surface area contributed by atoms with E-state index in [0.29, 0.717) is 32.1 Å². The number of aliphatic carboxylic acids is 1. The highest BCUT2D eigenvalue weighted by molar-refractivity contribution is 5.91. The topological polar surface area (TPSA) is 95.5 Å². The Bertz CT molecular complexity index is 1350. The summed E-state index contributed by atoms with van der Waals surface area (Å²) in [7, 11) is 0. The minimum absolute atomic E-state index is 0.244. The van der Waals surface area contributed by atoms with Crippen molar-refractivity contribution >= 4 is 17.8 Å². The fraction of sp³-hybridized carbons (Fsp3) is 0.432. The van der Waals surface area contributed by atoms with E-state index < -0.39 is 29.3 Å². The van der Waals surface area contributed by atoms with Crippen molar-refractivity contribution in [2.45, 2.75) is 85.7 Å². The number of carboxylic acids is 1. The van der Waals surface area contributed by atoms with Gasteiger partial charge in [0.25, 0.3) is 0 Å². The van der Waals surface area contributed by atoms with Crippen LogP contribution in [0, 0.1) is 24.2 Å². The van der Waals surface area contributed by atoms with Gasteiger partial charge in [-0.2, -0.15) is 0 Å². The van der Waals surface area contributed by atoms with Gasteiger partial charge in [-0.05, 0) is 72.8 Å². The predicted molar refractivity (Wildman–Crippen MR) is 173 cm³/mol. The monoisotopic (exact) mass is 584 g/mol. The molecule has 0 aliphatic rings. The first kappa shape index (κ1) is 33.6. The van der Waals surface area contributed by atoms with Gasteiger partial charge in [-0.1, -0.05) is 113 Å². The standard InChI is InChI=1S/C37H48N2O4/c1-7-16-31(36(42)43)30(24-15-23-29-22-14-17-25(2)32(29)28-20-12-9-13-21-28)34(40)39-33(37(4,5)6)35(41)38-26(3)27-18-10-8-11-19-27/h8-14,17-22,26,30-31,33H,7,15-16,23-24H2,1-6H3,(H,38,41)(H,39,40)(H,42,43). The zero-order valence-corrected chi connectivity index (χ0v) is 26.5. The van der Waals surface area contributed by atoms with Gasteiger partial charge in [0.2, 0.25) is 11.8 Å². The van der Waals surface area contributed by atoms with E-state index in [2.05, 4.69) is 41.8 Å². The van der Waals surface area contributed by atoms with Crippen molar-refractivity contribution in [3.05, 3.63) is 95.6 Å². The van der Waals surface area contributed by atoms with Crippen molar-refractivity contribution < 1.29 is 19.5 Å². The summed E-state index contributed by atoms with van der Waals surface area (Å²) in [6.07, 6.45) is 2.81. The Labute approximate surface area is 257 Å². The van der Waals surface area contributed by atoms with Crippen molar-refractivity contribution in [3.63, 3.8) is 0 Å². The van der Waals surface area contributed by atoms with Crippen molar-refractivity contribution in [2.24, 2.45) is 17.3 Å². The lowest BCUT2D eigenvalue weighted by Gasteiger charge is -2.33. The zero-order chi connectivity index (χ0) is 31.6. The van der Waals surface area contributed by atoms with Crippen molar-refractivity contribution in [2.75, 3.05) is 0 Å². The number of nitrogens with one attached hydrogen (secondary N) is 2. The third kappa shape index (κ3) is 9.28. The third-order valence-corrected chi connectivity index (χ3v) is 8.20. The molecular weight excluding hydrogens is 536 g/mol.